The number of nitrogens with zero attached hydrogens (tertiary/aromatic N) is 8. The van der Waals surface area contributed by atoms with Crippen molar-refractivity contribution < 1.29 is 0 Å². The first-order valence-corrected chi connectivity index (χ1v) is 17.4. The fourth-order valence-electron chi connectivity index (χ4n) is 7.29. The average Bonchev–Trinajstić information content (AvgIpc) is 3.00. The van der Waals surface area contributed by atoms with Gasteiger partial charge in [-0.25, -0.2) is 0 Å². The van der Waals surface area contributed by atoms with Crippen LogP contribution in [0.3, 0.4) is 0 Å². The minimum Gasteiger partial charge on any atom is -0.305 e. The molecule has 6 aliphatic heterocycles. The van der Waals surface area contributed by atoms with E-state index in [0.717, 1.165) is 26.2 Å². The summed E-state index contributed by atoms with van der Waals surface area (Å²) in [6, 6.07) is 9.66. The van der Waals surface area contributed by atoms with Crippen LogP contribution in [-0.2, 0) is 13.1 Å². The number of piperazine rings is 2. The SMILES string of the molecule is CN1CCCN2CCN(CCCN(Cc3ccc(CN4CCCN5CCN(CCCN(C)CC4)CC5)cc3)CC1)CC2. The summed E-state index contributed by atoms with van der Waals surface area (Å²) in [6.07, 6.45) is 5.15. The molecule has 0 N–H and O–H groups in total. The molecule has 0 saturated carbocycles. The van der Waals surface area contributed by atoms with Gasteiger partial charge in [0.25, 0.3) is 0 Å². The Morgan fingerprint density at radius 1 is 0.357 bits per heavy atom. The molecule has 0 unspecified atom stereocenters. The summed E-state index contributed by atoms with van der Waals surface area (Å²) in [5.41, 5.74) is 2.94. The third kappa shape index (κ3) is 11.1. The van der Waals surface area contributed by atoms with Gasteiger partial charge in [-0.15, -0.1) is 0 Å². The van der Waals surface area contributed by atoms with Crippen molar-refractivity contribution in [2.75, 3.05) is 145 Å². The van der Waals surface area contributed by atoms with E-state index >= 15 is 0 Å². The van der Waals surface area contributed by atoms with E-state index in [2.05, 4.69) is 77.6 Å². The van der Waals surface area contributed by atoms with E-state index in [9.17, 15) is 0 Å². The highest BCUT2D eigenvalue weighted by atomic mass is 15.3. The molecule has 8 nitrogen and oxygen atoms in total. The third-order valence-corrected chi connectivity index (χ3v) is 10.3. The van der Waals surface area contributed by atoms with Gasteiger partial charge >= 0.3 is 0 Å². The number of fused-ring (bicyclic) bond motifs is 22. The number of rotatable bonds is 4. The molecule has 4 bridgehead atoms. The fraction of sp³-hybridized carbons (Fsp3) is 0.824. The zero-order valence-electron chi connectivity index (χ0n) is 27.3. The van der Waals surface area contributed by atoms with E-state index in [0.29, 0.717) is 0 Å². The molecule has 42 heavy (non-hydrogen) atoms. The van der Waals surface area contributed by atoms with Crippen LogP contribution in [0.15, 0.2) is 24.3 Å². The summed E-state index contributed by atoms with van der Waals surface area (Å²) in [5.74, 6) is 0. The van der Waals surface area contributed by atoms with E-state index in [1.807, 2.05) is 0 Å². The Kier molecular flexibility index (Phi) is 13.4. The quantitative estimate of drug-likeness (QED) is 0.532. The molecular formula is C34H62N8. The van der Waals surface area contributed by atoms with Crippen LogP contribution in [0.4, 0.5) is 0 Å². The molecule has 6 heterocycles. The van der Waals surface area contributed by atoms with Crippen molar-refractivity contribution >= 4 is 0 Å². The van der Waals surface area contributed by atoms with Gasteiger partial charge in [0, 0.05) is 91.6 Å². The lowest BCUT2D eigenvalue weighted by atomic mass is 10.1. The first-order chi connectivity index (χ1) is 20.6. The maximum atomic E-state index is 2.71. The topological polar surface area (TPSA) is 25.9 Å². The molecule has 0 amide bonds. The molecule has 7 rings (SSSR count). The van der Waals surface area contributed by atoms with Gasteiger partial charge < -0.3 is 29.4 Å². The second-order valence-electron chi connectivity index (χ2n) is 13.8. The molecular weight excluding hydrogens is 520 g/mol. The van der Waals surface area contributed by atoms with Crippen LogP contribution < -0.4 is 0 Å². The molecule has 0 aromatic heterocycles. The average molecular weight is 583 g/mol. The van der Waals surface area contributed by atoms with Crippen LogP contribution in [-0.4, -0.2) is 184 Å². The normalized spacial score (nSPS) is 31.5. The van der Waals surface area contributed by atoms with Crippen molar-refractivity contribution in [2.45, 2.75) is 38.8 Å². The summed E-state index contributed by atoms with van der Waals surface area (Å²) in [4.78, 5) is 21.3. The highest BCUT2D eigenvalue weighted by molar-refractivity contribution is 5.22. The van der Waals surface area contributed by atoms with E-state index in [4.69, 9.17) is 0 Å². The molecule has 6 fully saturated rings. The van der Waals surface area contributed by atoms with Crippen LogP contribution in [0.25, 0.3) is 0 Å². The highest BCUT2D eigenvalue weighted by Crippen LogP contribution is 2.13. The Labute approximate surface area is 258 Å². The first kappa shape index (κ1) is 32.3. The molecule has 0 radical (unpaired) electrons. The lowest BCUT2D eigenvalue weighted by Crippen LogP contribution is -2.48. The molecule has 8 heteroatoms. The summed E-state index contributed by atoms with van der Waals surface area (Å²) < 4.78 is 0. The Bertz CT molecular complexity index is 794. The Hall–Kier alpha value is -1.10. The van der Waals surface area contributed by atoms with E-state index in [-0.39, 0.29) is 0 Å². The fourth-order valence-corrected chi connectivity index (χ4v) is 7.29. The molecule has 0 aliphatic carbocycles. The Balaban J connectivity index is 1.13. The second kappa shape index (κ2) is 17.4. The summed E-state index contributed by atoms with van der Waals surface area (Å²) in [5, 5.41) is 0. The van der Waals surface area contributed by atoms with Crippen LogP contribution in [0.1, 0.15) is 36.8 Å². The maximum absolute atomic E-state index is 2.71. The van der Waals surface area contributed by atoms with Crippen LogP contribution in [0.5, 0.6) is 0 Å². The smallest absolute Gasteiger partial charge is 0.0234 e. The number of hydrogen-bond donors (Lipinski definition) is 0. The minimum atomic E-state index is 1.07. The minimum absolute atomic E-state index is 1.07. The molecule has 6 saturated heterocycles. The van der Waals surface area contributed by atoms with Crippen molar-refractivity contribution in [3.8, 4) is 0 Å². The van der Waals surface area contributed by atoms with Crippen molar-refractivity contribution in [3.63, 3.8) is 0 Å². The van der Waals surface area contributed by atoms with Gasteiger partial charge in [0.05, 0.1) is 0 Å². The van der Waals surface area contributed by atoms with Crippen molar-refractivity contribution in [3.05, 3.63) is 35.4 Å². The lowest BCUT2D eigenvalue weighted by molar-refractivity contribution is 0.115. The third-order valence-electron chi connectivity index (χ3n) is 10.3. The van der Waals surface area contributed by atoms with Gasteiger partial charge in [0.1, 0.15) is 0 Å². The summed E-state index contributed by atoms with van der Waals surface area (Å²) in [7, 11) is 4.63. The van der Waals surface area contributed by atoms with Gasteiger partial charge in [0.2, 0.25) is 0 Å². The standard InChI is InChI=1S/C34H62N8/c1-35-11-3-13-37-23-27-39(28-24-37)15-5-17-41(21-19-35)31-33-7-9-34(10-8-33)32-42-18-6-16-40-29-25-38(26-30-40)14-4-12-36(2)20-22-42/h7-10H,3-6,11-32H2,1-2H3. The van der Waals surface area contributed by atoms with E-state index in [1.165, 1.54) is 155 Å². The van der Waals surface area contributed by atoms with Crippen LogP contribution >= 0.6 is 0 Å². The second-order valence-corrected chi connectivity index (χ2v) is 13.8. The zero-order valence-corrected chi connectivity index (χ0v) is 27.3. The van der Waals surface area contributed by atoms with Crippen molar-refractivity contribution in [2.24, 2.45) is 0 Å². The molecule has 1 aromatic carbocycles. The lowest BCUT2D eigenvalue weighted by Gasteiger charge is -2.36. The molecule has 6 aliphatic rings. The molecule has 0 spiro atoms. The Morgan fingerprint density at radius 2 is 0.667 bits per heavy atom. The van der Waals surface area contributed by atoms with Gasteiger partial charge in [-0.1, -0.05) is 24.3 Å². The molecule has 1 aromatic rings. The number of hydrogen-bond acceptors (Lipinski definition) is 8. The largest absolute Gasteiger partial charge is 0.305 e. The van der Waals surface area contributed by atoms with Crippen LogP contribution in [0, 0.1) is 0 Å². The van der Waals surface area contributed by atoms with Crippen molar-refractivity contribution in [1.29, 1.82) is 0 Å². The van der Waals surface area contributed by atoms with Gasteiger partial charge in [0.15, 0.2) is 0 Å². The first-order valence-electron chi connectivity index (χ1n) is 17.4. The van der Waals surface area contributed by atoms with E-state index in [1.54, 1.807) is 0 Å². The zero-order chi connectivity index (χ0) is 29.0. The summed E-state index contributed by atoms with van der Waals surface area (Å²) in [6.45, 7) is 26.7. The van der Waals surface area contributed by atoms with Gasteiger partial charge in [-0.2, -0.15) is 0 Å². The monoisotopic (exact) mass is 583 g/mol. The van der Waals surface area contributed by atoms with Gasteiger partial charge in [-0.05, 0) is 103 Å². The highest BCUT2D eigenvalue weighted by Gasteiger charge is 2.19. The Morgan fingerprint density at radius 3 is 1.00 bits per heavy atom. The number of likely N-dealkylation sites (N-methyl/N-ethyl adjacent to an activating group) is 2. The maximum Gasteiger partial charge on any atom is 0.0234 e. The summed E-state index contributed by atoms with van der Waals surface area (Å²) >= 11 is 0. The van der Waals surface area contributed by atoms with Crippen molar-refractivity contribution in [1.82, 2.24) is 39.2 Å². The van der Waals surface area contributed by atoms with Crippen LogP contribution in [0.2, 0.25) is 0 Å². The van der Waals surface area contributed by atoms with Gasteiger partial charge in [-0.3, -0.25) is 9.80 Å². The predicted octanol–water partition coefficient (Wildman–Crippen LogP) is 1.98. The number of benzene rings is 1. The van der Waals surface area contributed by atoms with E-state index < -0.39 is 0 Å². The molecule has 238 valence electrons. The molecule has 0 atom stereocenters. The predicted molar refractivity (Wildman–Crippen MR) is 176 cm³/mol.